The fourth-order valence-corrected chi connectivity index (χ4v) is 1.30. The first-order chi connectivity index (χ1) is 7.33. The topological polar surface area (TPSA) is 65.5 Å². The molecule has 0 aromatic carbocycles. The Hall–Kier alpha value is -0.530. The number of guanidine groups is 1. The summed E-state index contributed by atoms with van der Waals surface area (Å²) in [5.74, 6) is 0.922. The van der Waals surface area contributed by atoms with Crippen molar-refractivity contribution in [2.24, 2.45) is 4.99 Å². The highest BCUT2D eigenvalue weighted by molar-refractivity contribution is 14.0. The van der Waals surface area contributed by atoms with Crippen LogP contribution in [0.4, 0.5) is 0 Å². The molecule has 0 bridgehead atoms. The Balaban J connectivity index is 0.00000225. The average molecular weight is 340 g/mol. The number of nitrogens with zero attached hydrogens (tertiary/aromatic N) is 1. The maximum absolute atomic E-state index is 11.2. The van der Waals surface area contributed by atoms with E-state index < -0.39 is 0 Å². The first-order valence-corrected chi connectivity index (χ1v) is 5.62. The zero-order valence-corrected chi connectivity index (χ0v) is 12.0. The molecule has 6 heteroatoms. The molecular weight excluding hydrogens is 319 g/mol. The summed E-state index contributed by atoms with van der Waals surface area (Å²) in [5, 5.41) is 9.08. The highest BCUT2D eigenvalue weighted by Crippen LogP contribution is 1.87. The molecular formula is C10H21IN4O. The Bertz CT molecular complexity index is 233. The van der Waals surface area contributed by atoms with E-state index in [1.54, 1.807) is 0 Å². The van der Waals surface area contributed by atoms with Crippen molar-refractivity contribution in [2.75, 3.05) is 26.2 Å². The smallest absolute Gasteiger partial charge is 0.221 e. The number of halogens is 1. The van der Waals surface area contributed by atoms with Crippen LogP contribution in [0.15, 0.2) is 4.99 Å². The monoisotopic (exact) mass is 340 g/mol. The van der Waals surface area contributed by atoms with Crippen molar-refractivity contribution in [3.8, 4) is 0 Å². The van der Waals surface area contributed by atoms with Crippen LogP contribution in [-0.4, -0.2) is 38.0 Å². The molecule has 0 fully saturated rings. The van der Waals surface area contributed by atoms with Gasteiger partial charge in [0.15, 0.2) is 5.96 Å². The van der Waals surface area contributed by atoms with Gasteiger partial charge >= 0.3 is 0 Å². The Morgan fingerprint density at radius 2 is 2.31 bits per heavy atom. The lowest BCUT2D eigenvalue weighted by molar-refractivity contribution is -0.120. The van der Waals surface area contributed by atoms with E-state index in [-0.39, 0.29) is 29.9 Å². The molecule has 0 atom stereocenters. The van der Waals surface area contributed by atoms with E-state index in [0.29, 0.717) is 13.0 Å². The van der Waals surface area contributed by atoms with E-state index >= 15 is 0 Å². The second-order valence-corrected chi connectivity index (χ2v) is 3.54. The summed E-state index contributed by atoms with van der Waals surface area (Å²) in [6.07, 6.45) is 2.57. The van der Waals surface area contributed by atoms with Crippen LogP contribution in [0.2, 0.25) is 0 Å². The van der Waals surface area contributed by atoms with E-state index in [0.717, 1.165) is 38.4 Å². The van der Waals surface area contributed by atoms with E-state index in [1.807, 2.05) is 6.92 Å². The third-order valence-electron chi connectivity index (χ3n) is 2.11. The minimum atomic E-state index is 0. The molecule has 0 aromatic heterocycles. The number of carbonyl (C=O) groups excluding carboxylic acids is 1. The fourth-order valence-electron chi connectivity index (χ4n) is 1.30. The molecule has 1 aliphatic heterocycles. The van der Waals surface area contributed by atoms with Crippen LogP contribution in [0.5, 0.6) is 0 Å². The number of rotatable bonds is 5. The zero-order valence-electron chi connectivity index (χ0n) is 9.71. The first kappa shape index (κ1) is 15.5. The van der Waals surface area contributed by atoms with Gasteiger partial charge in [0.25, 0.3) is 0 Å². The van der Waals surface area contributed by atoms with Crippen LogP contribution < -0.4 is 16.0 Å². The maximum atomic E-state index is 11.2. The number of aliphatic imine (C=N–C) groups is 1. The molecule has 1 rings (SSSR count). The molecule has 1 aliphatic rings. The number of hydrogen-bond acceptors (Lipinski definition) is 4. The SMILES string of the molecule is CCCNC(=O)CCNC1=NCCCN1.I. The largest absolute Gasteiger partial charge is 0.356 e. The van der Waals surface area contributed by atoms with Gasteiger partial charge in [-0.25, -0.2) is 0 Å². The van der Waals surface area contributed by atoms with Gasteiger partial charge < -0.3 is 16.0 Å². The highest BCUT2D eigenvalue weighted by atomic mass is 127. The summed E-state index contributed by atoms with van der Waals surface area (Å²) < 4.78 is 0. The van der Waals surface area contributed by atoms with Gasteiger partial charge in [0, 0.05) is 32.6 Å². The zero-order chi connectivity index (χ0) is 10.9. The van der Waals surface area contributed by atoms with Gasteiger partial charge in [-0.15, -0.1) is 24.0 Å². The predicted molar refractivity (Wildman–Crippen MR) is 76.3 cm³/mol. The van der Waals surface area contributed by atoms with E-state index in [9.17, 15) is 4.79 Å². The Morgan fingerprint density at radius 1 is 1.50 bits per heavy atom. The third kappa shape index (κ3) is 6.86. The normalized spacial score (nSPS) is 14.2. The maximum Gasteiger partial charge on any atom is 0.221 e. The summed E-state index contributed by atoms with van der Waals surface area (Å²) in [6, 6.07) is 0. The molecule has 0 radical (unpaired) electrons. The van der Waals surface area contributed by atoms with Crippen LogP contribution >= 0.6 is 24.0 Å². The fraction of sp³-hybridized carbons (Fsp3) is 0.800. The molecule has 0 saturated heterocycles. The molecule has 1 amide bonds. The van der Waals surface area contributed by atoms with Crippen LogP contribution in [0.3, 0.4) is 0 Å². The molecule has 0 spiro atoms. The summed E-state index contributed by atoms with van der Waals surface area (Å²) in [5.41, 5.74) is 0. The lowest BCUT2D eigenvalue weighted by atomic mass is 10.3. The molecule has 0 unspecified atom stereocenters. The minimum Gasteiger partial charge on any atom is -0.356 e. The van der Waals surface area contributed by atoms with Crippen molar-refractivity contribution in [3.05, 3.63) is 0 Å². The van der Waals surface area contributed by atoms with Crippen molar-refractivity contribution >= 4 is 35.8 Å². The van der Waals surface area contributed by atoms with Gasteiger partial charge in [0.2, 0.25) is 5.91 Å². The summed E-state index contributed by atoms with van der Waals surface area (Å²) >= 11 is 0. The first-order valence-electron chi connectivity index (χ1n) is 5.62. The molecule has 1 heterocycles. The summed E-state index contributed by atoms with van der Waals surface area (Å²) in [4.78, 5) is 15.5. The lowest BCUT2D eigenvalue weighted by Crippen LogP contribution is -2.42. The molecule has 3 N–H and O–H groups in total. The Kier molecular flexibility index (Phi) is 9.36. The van der Waals surface area contributed by atoms with Crippen molar-refractivity contribution in [1.82, 2.24) is 16.0 Å². The number of hydrogen-bond donors (Lipinski definition) is 3. The van der Waals surface area contributed by atoms with Crippen molar-refractivity contribution in [2.45, 2.75) is 26.2 Å². The van der Waals surface area contributed by atoms with Gasteiger partial charge in [-0.2, -0.15) is 0 Å². The van der Waals surface area contributed by atoms with E-state index in [4.69, 9.17) is 0 Å². The van der Waals surface area contributed by atoms with E-state index in [2.05, 4.69) is 20.9 Å². The van der Waals surface area contributed by atoms with Crippen LogP contribution in [0.25, 0.3) is 0 Å². The van der Waals surface area contributed by atoms with Gasteiger partial charge in [0.1, 0.15) is 0 Å². The van der Waals surface area contributed by atoms with Gasteiger partial charge in [-0.1, -0.05) is 6.92 Å². The number of amides is 1. The van der Waals surface area contributed by atoms with Crippen molar-refractivity contribution in [1.29, 1.82) is 0 Å². The average Bonchev–Trinajstić information content (AvgIpc) is 2.28. The van der Waals surface area contributed by atoms with E-state index in [1.165, 1.54) is 0 Å². The second kappa shape index (κ2) is 9.68. The van der Waals surface area contributed by atoms with Crippen molar-refractivity contribution < 1.29 is 4.79 Å². The standard InChI is InChI=1S/C10H20N4O.HI/c1-2-5-11-9(15)4-8-14-10-12-6-3-7-13-10;/h2-8H2,1H3,(H,11,15)(H2,12,13,14);1H. The summed E-state index contributed by atoms with van der Waals surface area (Å²) in [6.45, 7) is 5.28. The highest BCUT2D eigenvalue weighted by Gasteiger charge is 2.04. The molecule has 0 saturated carbocycles. The lowest BCUT2D eigenvalue weighted by Gasteiger charge is -2.15. The molecule has 0 aromatic rings. The Morgan fingerprint density at radius 3 is 2.94 bits per heavy atom. The number of nitrogens with one attached hydrogen (secondary N) is 3. The summed E-state index contributed by atoms with van der Waals surface area (Å²) in [7, 11) is 0. The number of carbonyl (C=O) groups is 1. The minimum absolute atomic E-state index is 0. The van der Waals surface area contributed by atoms with Gasteiger partial charge in [-0.05, 0) is 12.8 Å². The van der Waals surface area contributed by atoms with Crippen molar-refractivity contribution in [3.63, 3.8) is 0 Å². The molecule has 0 aliphatic carbocycles. The Labute approximate surface area is 114 Å². The molecule has 16 heavy (non-hydrogen) atoms. The third-order valence-corrected chi connectivity index (χ3v) is 2.11. The quantitative estimate of drug-likeness (QED) is 0.637. The molecule has 5 nitrogen and oxygen atoms in total. The molecule has 94 valence electrons. The van der Waals surface area contributed by atoms with Crippen LogP contribution in [0.1, 0.15) is 26.2 Å². The predicted octanol–water partition coefficient (Wildman–Crippen LogP) is 0.460. The van der Waals surface area contributed by atoms with Crippen LogP contribution in [-0.2, 0) is 4.79 Å². The second-order valence-electron chi connectivity index (χ2n) is 3.54. The van der Waals surface area contributed by atoms with Crippen LogP contribution in [0, 0.1) is 0 Å². The van der Waals surface area contributed by atoms with Gasteiger partial charge in [-0.3, -0.25) is 9.79 Å². The van der Waals surface area contributed by atoms with Gasteiger partial charge in [0.05, 0.1) is 0 Å².